The zero-order valence-corrected chi connectivity index (χ0v) is 38.3. The van der Waals surface area contributed by atoms with Gasteiger partial charge in [-0.1, -0.05) is 49.6 Å². The van der Waals surface area contributed by atoms with Gasteiger partial charge in [0.25, 0.3) is 5.56 Å². The molecule has 0 aliphatic carbocycles. The highest BCUT2D eigenvalue weighted by molar-refractivity contribution is 7.99. The van der Waals surface area contributed by atoms with Gasteiger partial charge in [0, 0.05) is 81.1 Å². The van der Waals surface area contributed by atoms with E-state index in [9.17, 15) is 28.8 Å². The third-order valence-corrected chi connectivity index (χ3v) is 13.4. The highest BCUT2D eigenvalue weighted by atomic mass is 32.2. The Hall–Kier alpha value is -5.72. The molecule has 7 rings (SSSR count). The topological polar surface area (TPSA) is 218 Å². The molecule has 5 amide bonds. The summed E-state index contributed by atoms with van der Waals surface area (Å²) in [5.74, 6) is -0.0710. The largest absolute Gasteiger partial charge is 0.355 e. The molecule has 2 aromatic carbocycles. The van der Waals surface area contributed by atoms with E-state index in [1.54, 1.807) is 37.5 Å². The lowest BCUT2D eigenvalue weighted by atomic mass is 9.91. The van der Waals surface area contributed by atoms with Crippen LogP contribution in [0.25, 0.3) is 10.9 Å². The van der Waals surface area contributed by atoms with Crippen LogP contribution >= 0.6 is 11.8 Å². The summed E-state index contributed by atoms with van der Waals surface area (Å²) < 4.78 is 1.32. The van der Waals surface area contributed by atoms with Crippen LogP contribution in [0.15, 0.2) is 69.6 Å². The fourth-order valence-electron chi connectivity index (χ4n) is 8.65. The standard InChI is InChI=1S/C47H61N11O6S/c1-32-51-35-13-10-14-36(44(35)46(64)58(32)37-16-17-41(61)54-45(37)63)53-39(59)15-7-5-3-4-6-8-22-55-25-27-57(28-26-55)43(62)19-18-40(60)52-33-11-9-12-34(29-33)65-42-31-49-38(30-50-42)56-23-20-47(2,48)21-24-56/h9-14,29-31,37H,3-8,15-28,48H2,1-2H3,(H,52,60)(H,53,59)(H,54,61,63). The quantitative estimate of drug-likeness (QED) is 0.0749. The van der Waals surface area contributed by atoms with Crippen molar-refractivity contribution in [2.45, 2.75) is 119 Å². The number of aryl methyl sites for hydroxylation is 1. The number of aromatic nitrogens is 4. The number of piperazine rings is 1. The van der Waals surface area contributed by atoms with Gasteiger partial charge in [-0.3, -0.25) is 43.6 Å². The molecular formula is C47H61N11O6S. The SMILES string of the molecule is Cc1nc2cccc(NC(=O)CCCCCCCCN3CCN(C(=O)CCC(=O)Nc4cccc(Sc5cnc(N6CCC(C)(N)CC6)cn5)c4)CC3)c2c(=O)n1C1CCC(=O)NC1=O. The van der Waals surface area contributed by atoms with Crippen LogP contribution in [0.2, 0.25) is 0 Å². The van der Waals surface area contributed by atoms with Crippen LogP contribution in [-0.2, 0) is 24.0 Å². The average molecular weight is 908 g/mol. The second kappa shape index (κ2) is 22.0. The number of hydrogen-bond donors (Lipinski definition) is 4. The monoisotopic (exact) mass is 907 g/mol. The van der Waals surface area contributed by atoms with Gasteiger partial charge in [-0.25, -0.2) is 15.0 Å². The van der Waals surface area contributed by atoms with E-state index in [0.29, 0.717) is 42.2 Å². The molecule has 0 radical (unpaired) electrons. The van der Waals surface area contributed by atoms with Crippen LogP contribution in [0.4, 0.5) is 17.2 Å². The molecule has 0 bridgehead atoms. The molecule has 17 nitrogen and oxygen atoms in total. The zero-order valence-electron chi connectivity index (χ0n) is 37.5. The van der Waals surface area contributed by atoms with Crippen molar-refractivity contribution in [3.05, 3.63) is 71.0 Å². The van der Waals surface area contributed by atoms with Gasteiger partial charge in [-0.15, -0.1) is 0 Å². The number of benzene rings is 2. The van der Waals surface area contributed by atoms with Crippen LogP contribution in [0, 0.1) is 6.92 Å². The van der Waals surface area contributed by atoms with Gasteiger partial charge < -0.3 is 26.2 Å². The van der Waals surface area contributed by atoms with E-state index in [1.807, 2.05) is 29.2 Å². The van der Waals surface area contributed by atoms with E-state index in [0.717, 1.165) is 99.8 Å². The molecule has 0 saturated carbocycles. The molecule has 3 aliphatic rings. The predicted molar refractivity (Wildman–Crippen MR) is 251 cm³/mol. The lowest BCUT2D eigenvalue weighted by Gasteiger charge is -2.37. The van der Waals surface area contributed by atoms with E-state index in [-0.39, 0.29) is 60.2 Å². The average Bonchev–Trinajstić information content (AvgIpc) is 3.28. The number of nitrogens with two attached hydrogens (primary N) is 1. The molecule has 3 fully saturated rings. The summed E-state index contributed by atoms with van der Waals surface area (Å²) in [6.45, 7) is 9.37. The molecule has 5 N–H and O–H groups in total. The summed E-state index contributed by atoms with van der Waals surface area (Å²) in [5, 5.41) is 9.13. The Labute approximate surface area is 383 Å². The maximum Gasteiger partial charge on any atom is 0.264 e. The van der Waals surface area contributed by atoms with Crippen molar-refractivity contribution in [2.75, 3.05) is 61.3 Å². The summed E-state index contributed by atoms with van der Waals surface area (Å²) >= 11 is 1.47. The second-order valence-corrected chi connectivity index (χ2v) is 18.8. The minimum absolute atomic E-state index is 0.00121. The molecule has 3 saturated heterocycles. The van der Waals surface area contributed by atoms with Crippen LogP contribution in [-0.4, -0.2) is 110 Å². The van der Waals surface area contributed by atoms with Gasteiger partial charge in [-0.05, 0) is 82.8 Å². The lowest BCUT2D eigenvalue weighted by molar-refractivity contribution is -0.136. The van der Waals surface area contributed by atoms with E-state index in [4.69, 9.17) is 5.73 Å². The van der Waals surface area contributed by atoms with Gasteiger partial charge in [0.2, 0.25) is 29.5 Å². The van der Waals surface area contributed by atoms with Gasteiger partial charge in [0.15, 0.2) is 0 Å². The van der Waals surface area contributed by atoms with Gasteiger partial charge in [0.05, 0.1) is 29.0 Å². The Kier molecular flexibility index (Phi) is 16.0. The molecule has 1 unspecified atom stereocenters. The number of rotatable bonds is 18. The molecule has 0 spiro atoms. The van der Waals surface area contributed by atoms with Gasteiger partial charge >= 0.3 is 0 Å². The summed E-state index contributed by atoms with van der Waals surface area (Å²) in [7, 11) is 0. The summed E-state index contributed by atoms with van der Waals surface area (Å²) in [6, 6.07) is 11.8. The number of imide groups is 1. The van der Waals surface area contributed by atoms with E-state index >= 15 is 0 Å². The molecule has 346 valence electrons. The fourth-order valence-corrected chi connectivity index (χ4v) is 9.43. The van der Waals surface area contributed by atoms with E-state index in [2.05, 4.69) is 47.6 Å². The fraction of sp³-hybridized carbons (Fsp3) is 0.511. The van der Waals surface area contributed by atoms with Crippen LogP contribution < -0.4 is 32.1 Å². The highest BCUT2D eigenvalue weighted by Gasteiger charge is 2.31. The molecular weight excluding hydrogens is 847 g/mol. The Bertz CT molecular complexity index is 2410. The molecule has 18 heteroatoms. The first-order valence-corrected chi connectivity index (χ1v) is 23.7. The lowest BCUT2D eigenvalue weighted by Crippen LogP contribution is -2.48. The Morgan fingerprint density at radius 2 is 1.57 bits per heavy atom. The molecule has 4 aromatic rings. The minimum atomic E-state index is -0.843. The number of carbonyl (C=O) groups is 5. The van der Waals surface area contributed by atoms with E-state index < -0.39 is 17.5 Å². The van der Waals surface area contributed by atoms with Gasteiger partial charge in [0.1, 0.15) is 22.7 Å². The second-order valence-electron chi connectivity index (χ2n) is 17.7. The van der Waals surface area contributed by atoms with Crippen molar-refractivity contribution in [1.29, 1.82) is 0 Å². The number of unbranched alkanes of at least 4 members (excludes halogenated alkanes) is 5. The van der Waals surface area contributed by atoms with Crippen LogP contribution in [0.1, 0.15) is 102 Å². The molecule has 2 aromatic heterocycles. The number of hydrogen-bond acceptors (Lipinski definition) is 13. The first-order chi connectivity index (χ1) is 31.3. The van der Waals surface area contributed by atoms with Crippen LogP contribution in [0.3, 0.4) is 0 Å². The normalized spacial score (nSPS) is 17.8. The number of anilines is 3. The number of piperidine rings is 2. The third kappa shape index (κ3) is 13.0. The maximum atomic E-state index is 13.7. The Morgan fingerprint density at radius 1 is 0.846 bits per heavy atom. The number of carbonyl (C=O) groups excluding carboxylic acids is 5. The first kappa shape index (κ1) is 47.2. The molecule has 1 atom stereocenters. The van der Waals surface area contributed by atoms with Gasteiger partial charge in [-0.2, -0.15) is 0 Å². The Balaban J connectivity index is 0.737. The van der Waals surface area contributed by atoms with Crippen molar-refractivity contribution in [2.24, 2.45) is 5.73 Å². The highest BCUT2D eigenvalue weighted by Crippen LogP contribution is 2.30. The van der Waals surface area contributed by atoms with Crippen molar-refractivity contribution in [3.8, 4) is 0 Å². The van der Waals surface area contributed by atoms with Crippen molar-refractivity contribution < 1.29 is 24.0 Å². The minimum Gasteiger partial charge on any atom is -0.355 e. The van der Waals surface area contributed by atoms with E-state index in [1.165, 1.54) is 16.3 Å². The molecule has 5 heterocycles. The molecule has 3 aliphatic heterocycles. The van der Waals surface area contributed by atoms with Crippen molar-refractivity contribution in [1.82, 2.24) is 34.6 Å². The number of fused-ring (bicyclic) bond motifs is 1. The summed E-state index contributed by atoms with van der Waals surface area (Å²) in [4.78, 5) is 97.8. The van der Waals surface area contributed by atoms with Crippen molar-refractivity contribution >= 4 is 69.4 Å². The van der Waals surface area contributed by atoms with Crippen molar-refractivity contribution in [3.63, 3.8) is 0 Å². The zero-order chi connectivity index (χ0) is 45.9. The number of amides is 5. The smallest absolute Gasteiger partial charge is 0.264 e. The Morgan fingerprint density at radius 3 is 2.31 bits per heavy atom. The van der Waals surface area contributed by atoms with Crippen LogP contribution in [0.5, 0.6) is 0 Å². The molecule has 65 heavy (non-hydrogen) atoms. The number of nitrogens with zero attached hydrogens (tertiary/aromatic N) is 7. The summed E-state index contributed by atoms with van der Waals surface area (Å²) in [6.07, 6.45) is 12.2. The predicted octanol–water partition coefficient (Wildman–Crippen LogP) is 5.17. The summed E-state index contributed by atoms with van der Waals surface area (Å²) in [5.41, 5.74) is 7.17. The number of nitrogens with one attached hydrogen (secondary N) is 3. The maximum absolute atomic E-state index is 13.7. The third-order valence-electron chi connectivity index (χ3n) is 12.5. The first-order valence-electron chi connectivity index (χ1n) is 22.9.